The molecule has 1 fully saturated rings. The van der Waals surface area contributed by atoms with Crippen molar-refractivity contribution in [2.75, 3.05) is 26.2 Å². The number of nitrogens with zero attached hydrogens (tertiary/aromatic N) is 2. The predicted octanol–water partition coefficient (Wildman–Crippen LogP) is 4.53. The molecule has 3 aromatic carbocycles. The van der Waals surface area contributed by atoms with Gasteiger partial charge in [0.05, 0.1) is 16.6 Å². The van der Waals surface area contributed by atoms with Gasteiger partial charge in [-0.05, 0) is 29.3 Å². The smallest absolute Gasteiger partial charge is 0.267 e. The van der Waals surface area contributed by atoms with E-state index in [4.69, 9.17) is 11.6 Å². The lowest BCUT2D eigenvalue weighted by Gasteiger charge is -2.39. The topological polar surface area (TPSA) is 35.6 Å². The first-order chi connectivity index (χ1) is 14.6. The highest BCUT2D eigenvalue weighted by Gasteiger charge is 2.27. The van der Waals surface area contributed by atoms with Crippen molar-refractivity contribution in [3.05, 3.63) is 106 Å². The molecule has 1 aliphatic heterocycles. The monoisotopic (exact) mass is 423 g/mol. The second kappa shape index (κ2) is 9.39. The molecule has 30 heavy (non-hydrogen) atoms. The molecular formula is C24H23ClFN3O. The van der Waals surface area contributed by atoms with E-state index in [1.165, 1.54) is 23.3 Å². The fourth-order valence-electron chi connectivity index (χ4n) is 3.85. The van der Waals surface area contributed by atoms with Crippen LogP contribution in [0.25, 0.3) is 0 Å². The molecule has 1 saturated heterocycles. The van der Waals surface area contributed by atoms with Crippen LogP contribution in [-0.4, -0.2) is 42.0 Å². The molecule has 0 radical (unpaired) electrons. The molecule has 0 saturated carbocycles. The Balaban J connectivity index is 1.44. The standard InChI is InChI=1S/C24H23ClFN3O/c25-22-17-20(26)11-12-21(22)24(30)27-29-15-13-28(14-16-29)23(18-7-3-1-4-8-18)19-9-5-2-6-10-19/h1-12,17,23H,13-16H2,(H,27,30). The number of amides is 1. The van der Waals surface area contributed by atoms with Crippen molar-refractivity contribution in [3.63, 3.8) is 0 Å². The first-order valence-corrected chi connectivity index (χ1v) is 10.3. The summed E-state index contributed by atoms with van der Waals surface area (Å²) in [5.74, 6) is -0.783. The van der Waals surface area contributed by atoms with Gasteiger partial charge in [-0.2, -0.15) is 0 Å². The molecule has 1 N–H and O–H groups in total. The van der Waals surface area contributed by atoms with E-state index in [1.54, 1.807) is 0 Å². The minimum Gasteiger partial charge on any atom is -0.290 e. The highest BCUT2D eigenvalue weighted by Crippen LogP contribution is 2.29. The Hall–Kier alpha value is -2.73. The van der Waals surface area contributed by atoms with E-state index in [0.717, 1.165) is 19.2 Å². The Kier molecular flexibility index (Phi) is 6.43. The van der Waals surface area contributed by atoms with Crippen LogP contribution >= 0.6 is 11.6 Å². The van der Waals surface area contributed by atoms with Gasteiger partial charge in [-0.15, -0.1) is 0 Å². The lowest BCUT2D eigenvalue weighted by molar-refractivity contribution is 0.0554. The molecule has 3 aromatic rings. The summed E-state index contributed by atoms with van der Waals surface area (Å²) in [7, 11) is 0. The SMILES string of the molecule is O=C(NN1CCN(C(c2ccccc2)c2ccccc2)CC1)c1ccc(F)cc1Cl. The molecule has 154 valence electrons. The van der Waals surface area contributed by atoms with Crippen molar-refractivity contribution < 1.29 is 9.18 Å². The van der Waals surface area contributed by atoms with Gasteiger partial charge < -0.3 is 0 Å². The fraction of sp³-hybridized carbons (Fsp3) is 0.208. The molecule has 0 unspecified atom stereocenters. The Morgan fingerprint density at radius 3 is 1.97 bits per heavy atom. The number of carbonyl (C=O) groups excluding carboxylic acids is 1. The zero-order valence-electron chi connectivity index (χ0n) is 16.5. The maximum Gasteiger partial charge on any atom is 0.267 e. The van der Waals surface area contributed by atoms with Gasteiger partial charge >= 0.3 is 0 Å². The van der Waals surface area contributed by atoms with Crippen LogP contribution in [0.1, 0.15) is 27.5 Å². The van der Waals surface area contributed by atoms with Crippen LogP contribution in [-0.2, 0) is 0 Å². The lowest BCUT2D eigenvalue weighted by Crippen LogP contribution is -2.54. The summed E-state index contributed by atoms with van der Waals surface area (Å²) < 4.78 is 13.2. The second-order valence-corrected chi connectivity index (χ2v) is 7.72. The Morgan fingerprint density at radius 1 is 0.867 bits per heavy atom. The van der Waals surface area contributed by atoms with Gasteiger partial charge in [-0.1, -0.05) is 72.3 Å². The summed E-state index contributed by atoms with van der Waals surface area (Å²) in [5.41, 5.74) is 5.66. The predicted molar refractivity (Wildman–Crippen MR) is 117 cm³/mol. The van der Waals surface area contributed by atoms with Gasteiger partial charge in [0.1, 0.15) is 5.82 Å². The van der Waals surface area contributed by atoms with Crippen molar-refractivity contribution in [2.24, 2.45) is 0 Å². The number of carbonyl (C=O) groups is 1. The number of halogens is 2. The molecule has 1 aliphatic rings. The molecule has 0 bridgehead atoms. The fourth-order valence-corrected chi connectivity index (χ4v) is 4.11. The van der Waals surface area contributed by atoms with Crippen LogP contribution in [0.4, 0.5) is 4.39 Å². The number of piperazine rings is 1. The van der Waals surface area contributed by atoms with Crippen molar-refractivity contribution in [1.82, 2.24) is 15.3 Å². The number of rotatable bonds is 5. The Labute approximate surface area is 180 Å². The van der Waals surface area contributed by atoms with Crippen molar-refractivity contribution in [2.45, 2.75) is 6.04 Å². The lowest BCUT2D eigenvalue weighted by atomic mass is 9.96. The van der Waals surface area contributed by atoms with Gasteiger partial charge in [-0.25, -0.2) is 9.40 Å². The van der Waals surface area contributed by atoms with E-state index < -0.39 is 5.82 Å². The molecule has 0 aliphatic carbocycles. The summed E-state index contributed by atoms with van der Waals surface area (Å²) in [4.78, 5) is 15.0. The molecule has 4 rings (SSSR count). The summed E-state index contributed by atoms with van der Waals surface area (Å²) in [6.45, 7) is 2.96. The quantitative estimate of drug-likeness (QED) is 0.654. The molecule has 4 nitrogen and oxygen atoms in total. The first kappa shape index (κ1) is 20.5. The van der Waals surface area contributed by atoms with Crippen molar-refractivity contribution in [3.8, 4) is 0 Å². The van der Waals surface area contributed by atoms with Gasteiger partial charge in [-0.3, -0.25) is 15.1 Å². The number of hydrogen-bond acceptors (Lipinski definition) is 3. The normalized spacial score (nSPS) is 15.3. The molecular weight excluding hydrogens is 401 g/mol. The summed E-state index contributed by atoms with van der Waals surface area (Å²) in [6, 6.07) is 24.9. The van der Waals surface area contributed by atoms with Crippen LogP contribution in [0.3, 0.4) is 0 Å². The van der Waals surface area contributed by atoms with E-state index in [0.29, 0.717) is 13.1 Å². The molecule has 1 heterocycles. The van der Waals surface area contributed by atoms with E-state index >= 15 is 0 Å². The molecule has 1 amide bonds. The maximum absolute atomic E-state index is 13.2. The van der Waals surface area contributed by atoms with Crippen LogP contribution in [0, 0.1) is 5.82 Å². The van der Waals surface area contributed by atoms with Crippen LogP contribution < -0.4 is 5.43 Å². The van der Waals surface area contributed by atoms with Crippen LogP contribution in [0.2, 0.25) is 5.02 Å². The van der Waals surface area contributed by atoms with E-state index in [1.807, 2.05) is 17.1 Å². The second-order valence-electron chi connectivity index (χ2n) is 7.31. The number of hydrazine groups is 1. The largest absolute Gasteiger partial charge is 0.290 e. The Bertz CT molecular complexity index is 952. The zero-order chi connectivity index (χ0) is 20.9. The number of hydrogen-bond donors (Lipinski definition) is 1. The van der Waals surface area contributed by atoms with Gasteiger partial charge in [0.2, 0.25) is 0 Å². The highest BCUT2D eigenvalue weighted by atomic mass is 35.5. The minimum atomic E-state index is -0.460. The summed E-state index contributed by atoms with van der Waals surface area (Å²) in [5, 5.41) is 2.00. The third-order valence-corrected chi connectivity index (χ3v) is 5.66. The van der Waals surface area contributed by atoms with Crippen LogP contribution in [0.5, 0.6) is 0 Å². The molecule has 6 heteroatoms. The maximum atomic E-state index is 13.2. The van der Waals surface area contributed by atoms with E-state index in [2.05, 4.69) is 58.9 Å². The average Bonchev–Trinajstić information content (AvgIpc) is 2.76. The summed E-state index contributed by atoms with van der Waals surface area (Å²) >= 11 is 6.01. The summed E-state index contributed by atoms with van der Waals surface area (Å²) in [6.07, 6.45) is 0. The first-order valence-electron chi connectivity index (χ1n) is 9.97. The number of nitrogens with one attached hydrogen (secondary N) is 1. The van der Waals surface area contributed by atoms with Gasteiger partial charge in [0.25, 0.3) is 5.91 Å². The molecule has 0 aromatic heterocycles. The Morgan fingerprint density at radius 2 is 1.43 bits per heavy atom. The van der Waals surface area contributed by atoms with Crippen molar-refractivity contribution >= 4 is 17.5 Å². The van der Waals surface area contributed by atoms with Crippen molar-refractivity contribution in [1.29, 1.82) is 0 Å². The third-order valence-electron chi connectivity index (χ3n) is 5.35. The van der Waals surface area contributed by atoms with E-state index in [-0.39, 0.29) is 22.5 Å². The molecule has 0 atom stereocenters. The average molecular weight is 424 g/mol. The molecule has 0 spiro atoms. The van der Waals surface area contributed by atoms with Crippen LogP contribution in [0.15, 0.2) is 78.9 Å². The van der Waals surface area contributed by atoms with E-state index in [9.17, 15) is 9.18 Å². The van der Waals surface area contributed by atoms with Gasteiger partial charge in [0.15, 0.2) is 0 Å². The third kappa shape index (κ3) is 4.70. The number of benzene rings is 3. The highest BCUT2D eigenvalue weighted by molar-refractivity contribution is 6.33. The zero-order valence-corrected chi connectivity index (χ0v) is 17.2. The van der Waals surface area contributed by atoms with Gasteiger partial charge in [0, 0.05) is 26.2 Å². The minimum absolute atomic E-state index is 0.111.